The number of aromatic nitrogens is 3. The minimum Gasteiger partial charge on any atom is -0.278 e. The second-order valence-corrected chi connectivity index (χ2v) is 9.66. The van der Waals surface area contributed by atoms with Gasteiger partial charge in [-0.1, -0.05) is 92.5 Å². The molecule has 6 aromatic rings. The van der Waals surface area contributed by atoms with Crippen molar-refractivity contribution in [2.45, 2.75) is 0 Å². The van der Waals surface area contributed by atoms with Gasteiger partial charge in [0.25, 0.3) is 0 Å². The summed E-state index contributed by atoms with van der Waals surface area (Å²) < 4.78 is 4.23. The Labute approximate surface area is 208 Å². The minimum absolute atomic E-state index is 0.653. The molecular weight excluding hydrogens is 538 g/mol. The summed E-state index contributed by atoms with van der Waals surface area (Å²) in [6, 6.07) is 35.3. The van der Waals surface area contributed by atoms with Crippen LogP contribution in [0.1, 0.15) is 0 Å². The molecule has 0 aliphatic carbocycles. The molecule has 0 saturated carbocycles. The zero-order chi connectivity index (χ0) is 22.4. The van der Waals surface area contributed by atoms with Crippen LogP contribution < -0.4 is 0 Å². The lowest BCUT2D eigenvalue weighted by molar-refractivity contribution is 0.995. The number of rotatable bonds is 3. The molecule has 3 nitrogen and oxygen atoms in total. The summed E-state index contributed by atoms with van der Waals surface area (Å²) in [6.07, 6.45) is 0. The van der Waals surface area contributed by atoms with Crippen molar-refractivity contribution in [3.63, 3.8) is 0 Å². The molecule has 0 saturated heterocycles. The van der Waals surface area contributed by atoms with E-state index in [1.165, 1.54) is 0 Å². The molecule has 0 spiro atoms. The van der Waals surface area contributed by atoms with Crippen molar-refractivity contribution < 1.29 is 0 Å². The molecule has 158 valence electrons. The first kappa shape index (κ1) is 20.3. The molecule has 0 fully saturated rings. The van der Waals surface area contributed by atoms with Crippen LogP contribution in [0.5, 0.6) is 0 Å². The SMILES string of the molecule is Brc1ccc2c(c1)c1cc(Br)ccc1n2-c1nc(-c2ccccc2)cc(-c2ccccc2)n1. The quantitative estimate of drug-likeness (QED) is 0.220. The molecule has 4 aromatic carbocycles. The molecule has 2 heterocycles. The van der Waals surface area contributed by atoms with Gasteiger partial charge < -0.3 is 0 Å². The van der Waals surface area contributed by atoms with E-state index < -0.39 is 0 Å². The van der Waals surface area contributed by atoms with Gasteiger partial charge in [0, 0.05) is 30.8 Å². The van der Waals surface area contributed by atoms with Crippen molar-refractivity contribution in [1.82, 2.24) is 14.5 Å². The summed E-state index contributed by atoms with van der Waals surface area (Å²) in [6.45, 7) is 0. The van der Waals surface area contributed by atoms with Gasteiger partial charge in [-0.25, -0.2) is 9.97 Å². The molecule has 5 heteroatoms. The third kappa shape index (κ3) is 3.67. The van der Waals surface area contributed by atoms with Crippen LogP contribution in [-0.2, 0) is 0 Å². The molecule has 0 N–H and O–H groups in total. The van der Waals surface area contributed by atoms with Crippen LogP contribution in [0.3, 0.4) is 0 Å². The van der Waals surface area contributed by atoms with Gasteiger partial charge in [0.2, 0.25) is 5.95 Å². The van der Waals surface area contributed by atoms with Gasteiger partial charge in [-0.15, -0.1) is 0 Å². The largest absolute Gasteiger partial charge is 0.278 e. The fraction of sp³-hybridized carbons (Fsp3) is 0. The normalized spacial score (nSPS) is 11.3. The summed E-state index contributed by atoms with van der Waals surface area (Å²) in [7, 11) is 0. The summed E-state index contributed by atoms with van der Waals surface area (Å²) in [4.78, 5) is 10.1. The second kappa shape index (κ2) is 8.25. The molecule has 2 aromatic heterocycles. The molecule has 0 unspecified atom stereocenters. The van der Waals surface area contributed by atoms with Crippen molar-refractivity contribution in [2.75, 3.05) is 0 Å². The Bertz CT molecular complexity index is 1510. The smallest absolute Gasteiger partial charge is 0.235 e. The van der Waals surface area contributed by atoms with Gasteiger partial charge >= 0.3 is 0 Å². The lowest BCUT2D eigenvalue weighted by atomic mass is 10.1. The Morgan fingerprint density at radius 2 is 0.970 bits per heavy atom. The van der Waals surface area contributed by atoms with E-state index in [2.05, 4.69) is 103 Å². The van der Waals surface area contributed by atoms with E-state index in [1.54, 1.807) is 0 Å². The van der Waals surface area contributed by atoms with Crippen molar-refractivity contribution in [2.24, 2.45) is 0 Å². The van der Waals surface area contributed by atoms with Crippen molar-refractivity contribution in [3.8, 4) is 28.5 Å². The van der Waals surface area contributed by atoms with Crippen LogP contribution >= 0.6 is 31.9 Å². The summed E-state index contributed by atoms with van der Waals surface area (Å²) in [5, 5.41) is 2.30. The lowest BCUT2D eigenvalue weighted by Crippen LogP contribution is -2.03. The van der Waals surface area contributed by atoms with E-state index in [9.17, 15) is 0 Å². The predicted molar refractivity (Wildman–Crippen MR) is 143 cm³/mol. The van der Waals surface area contributed by atoms with Gasteiger partial charge in [0.05, 0.1) is 22.4 Å². The summed E-state index contributed by atoms with van der Waals surface area (Å²) in [5.74, 6) is 0.653. The number of halogens is 2. The van der Waals surface area contributed by atoms with Crippen LogP contribution in [-0.4, -0.2) is 14.5 Å². The highest BCUT2D eigenvalue weighted by Crippen LogP contribution is 2.35. The van der Waals surface area contributed by atoms with Crippen molar-refractivity contribution >= 4 is 53.7 Å². The first-order chi connectivity index (χ1) is 16.2. The monoisotopic (exact) mass is 553 g/mol. The Morgan fingerprint density at radius 1 is 0.515 bits per heavy atom. The minimum atomic E-state index is 0.653. The van der Waals surface area contributed by atoms with Gasteiger partial charge in [-0.2, -0.15) is 0 Å². The first-order valence-corrected chi connectivity index (χ1v) is 12.2. The second-order valence-electron chi connectivity index (χ2n) is 7.83. The van der Waals surface area contributed by atoms with Crippen molar-refractivity contribution in [1.29, 1.82) is 0 Å². The van der Waals surface area contributed by atoms with Crippen molar-refractivity contribution in [3.05, 3.63) is 112 Å². The molecule has 33 heavy (non-hydrogen) atoms. The maximum atomic E-state index is 5.05. The number of hydrogen-bond acceptors (Lipinski definition) is 2. The zero-order valence-corrected chi connectivity index (χ0v) is 20.6. The average Bonchev–Trinajstić information content (AvgIpc) is 3.17. The van der Waals surface area contributed by atoms with E-state index in [0.29, 0.717) is 5.95 Å². The fourth-order valence-electron chi connectivity index (χ4n) is 4.23. The molecule has 0 aliphatic heterocycles. The highest BCUT2D eigenvalue weighted by molar-refractivity contribution is 9.10. The molecule has 6 rings (SSSR count). The Balaban J connectivity index is 1.70. The van der Waals surface area contributed by atoms with E-state index in [0.717, 1.165) is 53.3 Å². The molecule has 0 bridgehead atoms. The van der Waals surface area contributed by atoms with Crippen LogP contribution in [0.4, 0.5) is 0 Å². The Morgan fingerprint density at radius 3 is 1.42 bits per heavy atom. The molecule has 0 aliphatic rings. The van der Waals surface area contributed by atoms with Gasteiger partial charge in [0.15, 0.2) is 0 Å². The molecule has 0 radical (unpaired) electrons. The molecule has 0 amide bonds. The number of nitrogens with zero attached hydrogens (tertiary/aromatic N) is 3. The lowest BCUT2D eigenvalue weighted by Gasteiger charge is -2.11. The van der Waals surface area contributed by atoms with Crippen LogP contribution in [0.15, 0.2) is 112 Å². The molecule has 0 atom stereocenters. The fourth-order valence-corrected chi connectivity index (χ4v) is 4.95. The maximum Gasteiger partial charge on any atom is 0.235 e. The average molecular weight is 555 g/mol. The number of hydrogen-bond donors (Lipinski definition) is 0. The third-order valence-corrected chi connectivity index (χ3v) is 6.73. The van der Waals surface area contributed by atoms with E-state index >= 15 is 0 Å². The van der Waals surface area contributed by atoms with Gasteiger partial charge in [0.1, 0.15) is 0 Å². The van der Waals surface area contributed by atoms with Gasteiger partial charge in [-0.05, 0) is 42.5 Å². The first-order valence-electron chi connectivity index (χ1n) is 10.6. The summed E-state index contributed by atoms with van der Waals surface area (Å²) in [5.41, 5.74) is 6.03. The van der Waals surface area contributed by atoms with Crippen LogP contribution in [0.25, 0.3) is 50.3 Å². The molecular formula is C28H17Br2N3. The Kier molecular flexibility index (Phi) is 5.08. The number of fused-ring (bicyclic) bond motifs is 3. The number of benzene rings is 4. The standard InChI is InChI=1S/C28H17Br2N3/c29-20-11-13-26-22(15-20)23-16-21(30)12-14-27(23)33(26)28-31-24(18-7-3-1-4-8-18)17-25(32-28)19-9-5-2-6-10-19/h1-17H. The highest BCUT2D eigenvalue weighted by atomic mass is 79.9. The maximum absolute atomic E-state index is 5.05. The van der Waals surface area contributed by atoms with Crippen LogP contribution in [0, 0.1) is 0 Å². The predicted octanol–water partition coefficient (Wildman–Crippen LogP) is 8.43. The topological polar surface area (TPSA) is 30.7 Å². The summed E-state index contributed by atoms with van der Waals surface area (Å²) >= 11 is 7.27. The third-order valence-electron chi connectivity index (χ3n) is 5.74. The highest BCUT2D eigenvalue weighted by Gasteiger charge is 2.17. The zero-order valence-electron chi connectivity index (χ0n) is 17.4. The van der Waals surface area contributed by atoms with Gasteiger partial charge in [-0.3, -0.25) is 4.57 Å². The van der Waals surface area contributed by atoms with E-state index in [1.807, 2.05) is 36.4 Å². The van der Waals surface area contributed by atoms with E-state index in [4.69, 9.17) is 9.97 Å². The van der Waals surface area contributed by atoms with Crippen LogP contribution in [0.2, 0.25) is 0 Å². The Hall–Kier alpha value is -3.28. The van der Waals surface area contributed by atoms with E-state index in [-0.39, 0.29) is 0 Å².